The smallest absolute Gasteiger partial charge is 0.316 e. The zero-order valence-electron chi connectivity index (χ0n) is 13.6. The van der Waals surface area contributed by atoms with E-state index in [1.807, 2.05) is 0 Å². The van der Waals surface area contributed by atoms with Gasteiger partial charge in [-0.15, -0.1) is 0 Å². The summed E-state index contributed by atoms with van der Waals surface area (Å²) >= 11 is 3.32. The normalized spacial score (nSPS) is 29.9. The first-order chi connectivity index (χ1) is 11.2. The van der Waals surface area contributed by atoms with Crippen molar-refractivity contribution >= 4 is 33.7 Å². The topological polar surface area (TPSA) is 89.9 Å². The summed E-state index contributed by atoms with van der Waals surface area (Å²) in [5.41, 5.74) is -1.04. The van der Waals surface area contributed by atoms with Crippen molar-refractivity contribution in [2.45, 2.75) is 24.9 Å². The molecule has 0 radical (unpaired) electrons. The fourth-order valence-corrected chi connectivity index (χ4v) is 3.62. The molecule has 0 bridgehead atoms. The lowest BCUT2D eigenvalue weighted by Crippen LogP contribution is -2.55. The number of carbonyl (C=O) groups excluding carboxylic acids is 3. The molecule has 4 atom stereocenters. The molecule has 1 aliphatic rings. The van der Waals surface area contributed by atoms with Crippen LogP contribution in [-0.2, 0) is 23.9 Å². The number of ether oxygens (including phenoxy) is 2. The number of hydrogen-bond acceptors (Lipinski definition) is 6. The average molecular weight is 399 g/mol. The summed E-state index contributed by atoms with van der Waals surface area (Å²) in [5.74, 6) is -4.95. The molecule has 1 fully saturated rings. The Labute approximate surface area is 148 Å². The van der Waals surface area contributed by atoms with E-state index in [1.54, 1.807) is 24.3 Å². The van der Waals surface area contributed by atoms with Gasteiger partial charge in [-0.25, -0.2) is 0 Å². The van der Waals surface area contributed by atoms with Gasteiger partial charge < -0.3 is 14.6 Å². The van der Waals surface area contributed by atoms with Gasteiger partial charge in [-0.3, -0.25) is 14.4 Å². The molecule has 0 saturated heterocycles. The summed E-state index contributed by atoms with van der Waals surface area (Å²) < 4.78 is 10.4. The van der Waals surface area contributed by atoms with E-state index >= 15 is 0 Å². The molecule has 0 spiro atoms. The lowest BCUT2D eigenvalue weighted by atomic mass is 9.62. The molecule has 0 heterocycles. The molecule has 0 unspecified atom stereocenters. The predicted octanol–water partition coefficient (Wildman–Crippen LogP) is 1.83. The molecular weight excluding hydrogens is 380 g/mol. The van der Waals surface area contributed by atoms with Gasteiger partial charge in [0, 0.05) is 16.8 Å². The van der Waals surface area contributed by atoms with Crippen LogP contribution in [0.5, 0.6) is 0 Å². The number of carbonyl (C=O) groups is 3. The van der Waals surface area contributed by atoms with Crippen LogP contribution in [0, 0.1) is 11.8 Å². The number of ketones is 1. The van der Waals surface area contributed by atoms with Gasteiger partial charge in [0.05, 0.1) is 25.7 Å². The first-order valence-electron chi connectivity index (χ1n) is 7.39. The predicted molar refractivity (Wildman–Crippen MR) is 88.1 cm³/mol. The van der Waals surface area contributed by atoms with Gasteiger partial charge in [0.25, 0.3) is 0 Å². The van der Waals surface area contributed by atoms with Crippen LogP contribution >= 0.6 is 15.9 Å². The number of hydrogen-bond donors (Lipinski definition) is 1. The Bertz CT molecular complexity index is 652. The van der Waals surface area contributed by atoms with Gasteiger partial charge >= 0.3 is 11.9 Å². The molecule has 7 heteroatoms. The lowest BCUT2D eigenvalue weighted by Gasteiger charge is -2.43. The molecule has 1 aromatic carbocycles. The van der Waals surface area contributed by atoms with Crippen molar-refractivity contribution in [3.63, 3.8) is 0 Å². The Morgan fingerprint density at radius 3 is 2.21 bits per heavy atom. The van der Waals surface area contributed by atoms with E-state index in [-0.39, 0.29) is 6.42 Å². The van der Waals surface area contributed by atoms with Gasteiger partial charge in [0.2, 0.25) is 0 Å². The van der Waals surface area contributed by atoms with Crippen molar-refractivity contribution in [1.82, 2.24) is 0 Å². The molecular formula is C17H19BrO6. The molecule has 2 rings (SSSR count). The second kappa shape index (κ2) is 7.03. The van der Waals surface area contributed by atoms with Crippen LogP contribution in [0.1, 0.15) is 24.8 Å². The molecule has 1 N–H and O–H groups in total. The zero-order chi connectivity index (χ0) is 18.1. The second-order valence-corrected chi connectivity index (χ2v) is 6.99. The molecule has 1 saturated carbocycles. The van der Waals surface area contributed by atoms with E-state index in [2.05, 4.69) is 15.9 Å². The van der Waals surface area contributed by atoms with Crippen molar-refractivity contribution in [1.29, 1.82) is 0 Å². The van der Waals surface area contributed by atoms with Crippen molar-refractivity contribution < 1.29 is 29.0 Å². The van der Waals surface area contributed by atoms with Crippen LogP contribution in [0.4, 0.5) is 0 Å². The van der Waals surface area contributed by atoms with E-state index in [9.17, 15) is 19.5 Å². The van der Waals surface area contributed by atoms with Crippen molar-refractivity contribution in [2.24, 2.45) is 11.8 Å². The first-order valence-corrected chi connectivity index (χ1v) is 8.18. The second-order valence-electron chi connectivity index (χ2n) is 6.08. The maximum Gasteiger partial charge on any atom is 0.316 e. The minimum Gasteiger partial charge on any atom is -0.469 e. The van der Waals surface area contributed by atoms with Gasteiger partial charge in [0.1, 0.15) is 5.92 Å². The Kier molecular flexibility index (Phi) is 5.45. The van der Waals surface area contributed by atoms with Gasteiger partial charge in [-0.05, 0) is 24.6 Å². The minimum atomic E-state index is -1.62. The molecule has 6 nitrogen and oxygen atoms in total. The van der Waals surface area contributed by atoms with Gasteiger partial charge in [-0.2, -0.15) is 0 Å². The maximum absolute atomic E-state index is 12.5. The monoisotopic (exact) mass is 398 g/mol. The largest absolute Gasteiger partial charge is 0.469 e. The number of aliphatic hydroxyl groups is 1. The Morgan fingerprint density at radius 2 is 1.71 bits per heavy atom. The Balaban J connectivity index is 2.63. The third-order valence-electron chi connectivity index (χ3n) is 4.43. The molecule has 1 aliphatic carbocycles. The number of rotatable bonds is 3. The van der Waals surface area contributed by atoms with E-state index in [4.69, 9.17) is 9.47 Å². The standard InChI is InChI=1S/C17H19BrO6/c1-17(22)8-11(19)13(15(20)23-2)12(14(17)16(21)24-3)9-4-6-10(18)7-5-9/h4-7,12-14,22H,8H2,1-3H3/t12-,13+,14+,17+/m1/s1. The van der Waals surface area contributed by atoms with Crippen LogP contribution in [0.2, 0.25) is 0 Å². The Morgan fingerprint density at radius 1 is 1.17 bits per heavy atom. The minimum absolute atomic E-state index is 0.320. The Hall–Kier alpha value is -1.73. The fraction of sp³-hybridized carbons (Fsp3) is 0.471. The molecule has 1 aromatic rings. The number of benzene rings is 1. The molecule has 24 heavy (non-hydrogen) atoms. The highest BCUT2D eigenvalue weighted by molar-refractivity contribution is 9.10. The lowest BCUT2D eigenvalue weighted by molar-refractivity contribution is -0.170. The van der Waals surface area contributed by atoms with Gasteiger partial charge in [0.15, 0.2) is 5.78 Å². The van der Waals surface area contributed by atoms with E-state index in [0.29, 0.717) is 5.56 Å². The summed E-state index contributed by atoms with van der Waals surface area (Å²) in [5, 5.41) is 10.7. The van der Waals surface area contributed by atoms with E-state index in [1.165, 1.54) is 21.1 Å². The maximum atomic E-state index is 12.5. The summed E-state index contributed by atoms with van der Waals surface area (Å²) in [7, 11) is 2.40. The fourth-order valence-electron chi connectivity index (χ4n) is 3.35. The first kappa shape index (κ1) is 18.6. The molecule has 0 aromatic heterocycles. The highest BCUT2D eigenvalue weighted by Crippen LogP contribution is 2.46. The average Bonchev–Trinajstić information content (AvgIpc) is 2.53. The number of methoxy groups -OCH3 is 2. The van der Waals surface area contributed by atoms with Crippen molar-refractivity contribution in [3.8, 4) is 0 Å². The SMILES string of the molecule is COC(=O)[C@H]1C(=O)C[C@](C)(O)[C@H](C(=O)OC)[C@@H]1c1ccc(Br)cc1. The van der Waals surface area contributed by atoms with Crippen molar-refractivity contribution in [3.05, 3.63) is 34.3 Å². The van der Waals surface area contributed by atoms with Crippen LogP contribution in [-0.4, -0.2) is 42.6 Å². The third kappa shape index (κ3) is 3.37. The summed E-state index contributed by atoms with van der Waals surface area (Å²) in [6.07, 6.45) is -0.320. The summed E-state index contributed by atoms with van der Waals surface area (Å²) in [4.78, 5) is 37.0. The highest BCUT2D eigenvalue weighted by atomic mass is 79.9. The van der Waals surface area contributed by atoms with Crippen LogP contribution < -0.4 is 0 Å². The highest BCUT2D eigenvalue weighted by Gasteiger charge is 2.56. The van der Waals surface area contributed by atoms with Crippen LogP contribution in [0.3, 0.4) is 0 Å². The quantitative estimate of drug-likeness (QED) is 0.616. The van der Waals surface area contributed by atoms with Crippen molar-refractivity contribution in [2.75, 3.05) is 14.2 Å². The van der Waals surface area contributed by atoms with Crippen LogP contribution in [0.25, 0.3) is 0 Å². The van der Waals surface area contributed by atoms with E-state index in [0.717, 1.165) is 4.47 Å². The molecule has 0 aliphatic heterocycles. The molecule has 130 valence electrons. The third-order valence-corrected chi connectivity index (χ3v) is 4.96. The molecule has 0 amide bonds. The van der Waals surface area contributed by atoms with Crippen LogP contribution in [0.15, 0.2) is 28.7 Å². The zero-order valence-corrected chi connectivity index (χ0v) is 15.2. The number of Topliss-reactive ketones (excluding diaryl/α,β-unsaturated/α-hetero) is 1. The van der Waals surface area contributed by atoms with E-state index < -0.39 is 41.1 Å². The number of esters is 2. The van der Waals surface area contributed by atoms with Gasteiger partial charge in [-0.1, -0.05) is 28.1 Å². The summed E-state index contributed by atoms with van der Waals surface area (Å²) in [6.45, 7) is 1.41. The number of halogens is 1. The summed E-state index contributed by atoms with van der Waals surface area (Å²) in [6, 6.07) is 6.89.